The molecular formula is C11H13ClFNO2. The molecule has 0 fully saturated rings. The van der Waals surface area contributed by atoms with Gasteiger partial charge in [0.15, 0.2) is 0 Å². The number of anilines is 1. The molecule has 88 valence electrons. The first-order chi connectivity index (χ1) is 7.49. The van der Waals surface area contributed by atoms with Crippen molar-refractivity contribution >= 4 is 23.2 Å². The lowest BCUT2D eigenvalue weighted by Gasteiger charge is -2.09. The Morgan fingerprint density at radius 2 is 2.25 bits per heavy atom. The lowest BCUT2D eigenvalue weighted by Crippen LogP contribution is -2.21. The standard InChI is InChI=1S/C11H13ClFNO2/c1-7(2)16-6-11(15)14-10-5-8(12)3-4-9(10)13/h3-5,7H,6H2,1-2H3,(H,14,15). The van der Waals surface area contributed by atoms with E-state index >= 15 is 0 Å². The number of rotatable bonds is 4. The van der Waals surface area contributed by atoms with Crippen LogP contribution in [0.15, 0.2) is 18.2 Å². The van der Waals surface area contributed by atoms with E-state index in [1.807, 2.05) is 13.8 Å². The highest BCUT2D eigenvalue weighted by Crippen LogP contribution is 2.19. The van der Waals surface area contributed by atoms with Crippen molar-refractivity contribution in [2.75, 3.05) is 11.9 Å². The van der Waals surface area contributed by atoms with Crippen molar-refractivity contribution in [3.8, 4) is 0 Å². The van der Waals surface area contributed by atoms with Gasteiger partial charge in [0, 0.05) is 5.02 Å². The van der Waals surface area contributed by atoms with Crippen LogP contribution in [0.25, 0.3) is 0 Å². The first-order valence-electron chi connectivity index (χ1n) is 4.85. The van der Waals surface area contributed by atoms with Crippen LogP contribution in [0.1, 0.15) is 13.8 Å². The summed E-state index contributed by atoms with van der Waals surface area (Å²) in [5.41, 5.74) is 0.0601. The Kier molecular flexibility index (Phi) is 4.71. The monoisotopic (exact) mass is 245 g/mol. The molecule has 1 rings (SSSR count). The van der Waals surface area contributed by atoms with E-state index in [4.69, 9.17) is 16.3 Å². The molecule has 0 unspecified atom stereocenters. The second-order valence-electron chi connectivity index (χ2n) is 3.53. The number of hydrogen-bond donors (Lipinski definition) is 1. The summed E-state index contributed by atoms with van der Waals surface area (Å²) in [4.78, 5) is 11.3. The summed E-state index contributed by atoms with van der Waals surface area (Å²) < 4.78 is 18.3. The fourth-order valence-corrected chi connectivity index (χ4v) is 1.19. The van der Waals surface area contributed by atoms with Crippen molar-refractivity contribution in [2.24, 2.45) is 0 Å². The molecule has 5 heteroatoms. The molecule has 0 aliphatic carbocycles. The summed E-state index contributed by atoms with van der Waals surface area (Å²) in [6.45, 7) is 3.52. The second-order valence-corrected chi connectivity index (χ2v) is 3.97. The van der Waals surface area contributed by atoms with Crippen molar-refractivity contribution in [1.29, 1.82) is 0 Å². The van der Waals surface area contributed by atoms with Gasteiger partial charge in [0.2, 0.25) is 5.91 Å². The predicted octanol–water partition coefficient (Wildman–Crippen LogP) is 2.84. The number of ether oxygens (including phenoxy) is 1. The highest BCUT2D eigenvalue weighted by atomic mass is 35.5. The molecule has 1 aromatic rings. The van der Waals surface area contributed by atoms with Crippen molar-refractivity contribution < 1.29 is 13.9 Å². The van der Waals surface area contributed by atoms with Crippen LogP contribution in [0.3, 0.4) is 0 Å². The molecule has 0 atom stereocenters. The zero-order valence-electron chi connectivity index (χ0n) is 9.09. The van der Waals surface area contributed by atoms with E-state index in [1.54, 1.807) is 0 Å². The number of carbonyl (C=O) groups excluding carboxylic acids is 1. The smallest absolute Gasteiger partial charge is 0.250 e. The summed E-state index contributed by atoms with van der Waals surface area (Å²) in [6, 6.07) is 3.96. The van der Waals surface area contributed by atoms with Crippen LogP contribution in [0.2, 0.25) is 5.02 Å². The molecule has 1 N–H and O–H groups in total. The topological polar surface area (TPSA) is 38.3 Å². The highest BCUT2D eigenvalue weighted by Gasteiger charge is 2.08. The molecule has 0 heterocycles. The molecule has 0 aliphatic heterocycles. The molecule has 0 saturated heterocycles. The average Bonchev–Trinajstić information content (AvgIpc) is 2.20. The summed E-state index contributed by atoms with van der Waals surface area (Å²) >= 11 is 5.68. The van der Waals surface area contributed by atoms with Crippen LogP contribution >= 0.6 is 11.6 Å². The number of amides is 1. The molecule has 1 aromatic carbocycles. The van der Waals surface area contributed by atoms with E-state index in [0.717, 1.165) is 0 Å². The Bertz CT molecular complexity index is 382. The quantitative estimate of drug-likeness (QED) is 0.886. The number of nitrogens with one attached hydrogen (secondary N) is 1. The third-order valence-corrected chi connectivity index (χ3v) is 1.99. The van der Waals surface area contributed by atoms with Crippen molar-refractivity contribution in [3.63, 3.8) is 0 Å². The number of benzene rings is 1. The maximum atomic E-state index is 13.2. The van der Waals surface area contributed by atoms with E-state index < -0.39 is 11.7 Å². The molecule has 0 bridgehead atoms. The Morgan fingerprint density at radius 3 is 2.88 bits per heavy atom. The van der Waals surface area contributed by atoms with Gasteiger partial charge in [0.25, 0.3) is 0 Å². The Balaban J connectivity index is 2.59. The number of halogens is 2. The summed E-state index contributed by atoms with van der Waals surface area (Å²) in [5.74, 6) is -0.933. The fourth-order valence-electron chi connectivity index (χ4n) is 1.02. The minimum absolute atomic E-state index is 0.0463. The van der Waals surface area contributed by atoms with Crippen molar-refractivity contribution in [2.45, 2.75) is 20.0 Å². The van der Waals surface area contributed by atoms with E-state index in [9.17, 15) is 9.18 Å². The Hall–Kier alpha value is -1.13. The fraction of sp³-hybridized carbons (Fsp3) is 0.364. The van der Waals surface area contributed by atoms with E-state index in [0.29, 0.717) is 5.02 Å². The maximum Gasteiger partial charge on any atom is 0.250 e. The van der Waals surface area contributed by atoms with Gasteiger partial charge >= 0.3 is 0 Å². The molecule has 0 aromatic heterocycles. The van der Waals surface area contributed by atoms with Crippen LogP contribution in [0.5, 0.6) is 0 Å². The predicted molar refractivity (Wildman–Crippen MR) is 61.1 cm³/mol. The lowest BCUT2D eigenvalue weighted by atomic mass is 10.3. The van der Waals surface area contributed by atoms with E-state index in [2.05, 4.69) is 5.32 Å². The third-order valence-electron chi connectivity index (χ3n) is 1.75. The van der Waals surface area contributed by atoms with Gasteiger partial charge in [-0.1, -0.05) is 11.6 Å². The van der Waals surface area contributed by atoms with Gasteiger partial charge < -0.3 is 10.1 Å². The van der Waals surface area contributed by atoms with Crippen LogP contribution in [-0.2, 0) is 9.53 Å². The molecule has 0 saturated carbocycles. The van der Waals surface area contributed by atoms with Gasteiger partial charge in [-0.05, 0) is 32.0 Å². The Labute approximate surface area is 98.5 Å². The van der Waals surface area contributed by atoms with Crippen molar-refractivity contribution in [1.82, 2.24) is 0 Å². The second kappa shape index (κ2) is 5.82. The van der Waals surface area contributed by atoms with Crippen LogP contribution in [-0.4, -0.2) is 18.6 Å². The molecule has 3 nitrogen and oxygen atoms in total. The summed E-state index contributed by atoms with van der Waals surface area (Å²) in [7, 11) is 0. The maximum absolute atomic E-state index is 13.2. The summed E-state index contributed by atoms with van der Waals surface area (Å²) in [5, 5.41) is 2.75. The highest BCUT2D eigenvalue weighted by molar-refractivity contribution is 6.30. The zero-order chi connectivity index (χ0) is 12.1. The number of hydrogen-bond acceptors (Lipinski definition) is 2. The molecule has 16 heavy (non-hydrogen) atoms. The molecule has 0 aliphatic rings. The van der Waals surface area contributed by atoms with Crippen molar-refractivity contribution in [3.05, 3.63) is 29.0 Å². The zero-order valence-corrected chi connectivity index (χ0v) is 9.84. The number of carbonyl (C=O) groups is 1. The van der Waals surface area contributed by atoms with Gasteiger partial charge in [0.1, 0.15) is 12.4 Å². The normalized spacial score (nSPS) is 10.6. The average molecular weight is 246 g/mol. The first-order valence-corrected chi connectivity index (χ1v) is 5.23. The third kappa shape index (κ3) is 4.16. The minimum atomic E-state index is -0.526. The molecule has 1 amide bonds. The SMILES string of the molecule is CC(C)OCC(=O)Nc1cc(Cl)ccc1F. The van der Waals surface area contributed by atoms with Gasteiger partial charge in [-0.3, -0.25) is 4.79 Å². The van der Waals surface area contributed by atoms with E-state index in [1.165, 1.54) is 18.2 Å². The molecule has 0 radical (unpaired) electrons. The van der Waals surface area contributed by atoms with Gasteiger partial charge in [0.05, 0.1) is 11.8 Å². The Morgan fingerprint density at radius 1 is 1.56 bits per heavy atom. The van der Waals surface area contributed by atoms with Crippen LogP contribution < -0.4 is 5.32 Å². The molecule has 0 spiro atoms. The van der Waals surface area contributed by atoms with Gasteiger partial charge in [-0.2, -0.15) is 0 Å². The minimum Gasteiger partial charge on any atom is -0.369 e. The lowest BCUT2D eigenvalue weighted by molar-refractivity contribution is -0.121. The summed E-state index contributed by atoms with van der Waals surface area (Å²) in [6.07, 6.45) is -0.0463. The van der Waals surface area contributed by atoms with Gasteiger partial charge in [-0.15, -0.1) is 0 Å². The largest absolute Gasteiger partial charge is 0.369 e. The van der Waals surface area contributed by atoms with Gasteiger partial charge in [-0.25, -0.2) is 4.39 Å². The molecular weight excluding hydrogens is 233 g/mol. The van der Waals surface area contributed by atoms with Crippen LogP contribution in [0.4, 0.5) is 10.1 Å². The first kappa shape index (κ1) is 12.9. The van der Waals surface area contributed by atoms with Crippen LogP contribution in [0, 0.1) is 5.82 Å². The van der Waals surface area contributed by atoms with E-state index in [-0.39, 0.29) is 18.4 Å².